The summed E-state index contributed by atoms with van der Waals surface area (Å²) in [5.74, 6) is 0. The Hall–Kier alpha value is -0.783. The molecule has 0 N–H and O–H groups in total. The van der Waals surface area contributed by atoms with E-state index in [0.29, 0.717) is 24.2 Å². The van der Waals surface area contributed by atoms with E-state index in [1.807, 2.05) is 0 Å². The molecule has 1 aromatic heterocycles. The molecular weight excluding hydrogens is 447 g/mol. The first kappa shape index (κ1) is 27.5. The van der Waals surface area contributed by atoms with Gasteiger partial charge in [-0.05, 0) is 79.3 Å². The summed E-state index contributed by atoms with van der Waals surface area (Å²) in [5.41, 5.74) is 3.57. The quantitative estimate of drug-likeness (QED) is 0.287. The SMILES string of the molecule is Cc1ccc(-c2nn(P(=S)(N(C(C)C)C(C)C)N(C(C)C)C(C)C)cc2[Si](C)(C)C)cc1. The zero-order valence-electron chi connectivity index (χ0n) is 22.3. The standard InChI is InChI=1S/C25H45N4PSSi/c1-18(2)28(19(3)4)30(31,29(20(5)6)21(7)8)27-17-24(32(10,11)12)25(26-27)23-15-13-22(9)14-16-23/h13-21H,1-12H3. The molecule has 0 saturated carbocycles. The van der Waals surface area contributed by atoms with Crippen LogP contribution in [-0.2, 0) is 11.8 Å². The highest BCUT2D eigenvalue weighted by Gasteiger charge is 2.42. The highest BCUT2D eigenvalue weighted by Crippen LogP contribution is 2.58. The lowest BCUT2D eigenvalue weighted by atomic mass is 10.1. The van der Waals surface area contributed by atoms with Gasteiger partial charge < -0.3 is 0 Å². The van der Waals surface area contributed by atoms with Crippen molar-refractivity contribution in [1.29, 1.82) is 0 Å². The molecule has 0 atom stereocenters. The van der Waals surface area contributed by atoms with Gasteiger partial charge >= 0.3 is 0 Å². The molecule has 2 aromatic rings. The van der Waals surface area contributed by atoms with Crippen molar-refractivity contribution in [2.75, 3.05) is 0 Å². The van der Waals surface area contributed by atoms with Crippen LogP contribution in [0.5, 0.6) is 0 Å². The van der Waals surface area contributed by atoms with E-state index in [4.69, 9.17) is 16.9 Å². The van der Waals surface area contributed by atoms with Crippen LogP contribution in [0.2, 0.25) is 19.6 Å². The van der Waals surface area contributed by atoms with E-state index in [0.717, 1.165) is 5.69 Å². The third-order valence-electron chi connectivity index (χ3n) is 5.82. The highest BCUT2D eigenvalue weighted by atomic mass is 32.4. The normalized spacial score (nSPS) is 13.6. The predicted molar refractivity (Wildman–Crippen MR) is 149 cm³/mol. The van der Waals surface area contributed by atoms with Crippen molar-refractivity contribution in [3.05, 3.63) is 36.0 Å². The summed E-state index contributed by atoms with van der Waals surface area (Å²) in [5, 5.41) is 6.72. The first-order valence-corrected chi connectivity index (χ1v) is 18.1. The van der Waals surface area contributed by atoms with Crippen LogP contribution < -0.4 is 5.19 Å². The zero-order valence-corrected chi connectivity index (χ0v) is 25.1. The van der Waals surface area contributed by atoms with Gasteiger partial charge in [-0.3, -0.25) is 0 Å². The molecule has 0 bridgehead atoms. The van der Waals surface area contributed by atoms with Gasteiger partial charge in [-0.25, -0.2) is 13.8 Å². The summed E-state index contributed by atoms with van der Waals surface area (Å²) in [6, 6.07) is 10.1. The molecule has 1 aromatic carbocycles. The van der Waals surface area contributed by atoms with Crippen molar-refractivity contribution < 1.29 is 0 Å². The van der Waals surface area contributed by atoms with Crippen LogP contribution >= 0.6 is 6.49 Å². The fraction of sp³-hybridized carbons (Fsp3) is 0.640. The first-order valence-electron chi connectivity index (χ1n) is 12.0. The minimum Gasteiger partial charge on any atom is -0.241 e. The molecule has 0 unspecified atom stereocenters. The van der Waals surface area contributed by atoms with Crippen LogP contribution in [-0.4, -0.2) is 51.1 Å². The maximum atomic E-state index is 6.76. The van der Waals surface area contributed by atoms with E-state index in [1.165, 1.54) is 16.3 Å². The Balaban J connectivity index is 2.90. The number of benzene rings is 1. The summed E-state index contributed by atoms with van der Waals surface area (Å²) < 4.78 is 7.30. The van der Waals surface area contributed by atoms with E-state index in [-0.39, 0.29) is 0 Å². The summed E-state index contributed by atoms with van der Waals surface area (Å²) in [4.78, 5) is 0. The Morgan fingerprint density at radius 2 is 1.22 bits per heavy atom. The molecule has 4 nitrogen and oxygen atoms in total. The lowest BCUT2D eigenvalue weighted by Gasteiger charge is -2.49. The van der Waals surface area contributed by atoms with Crippen molar-refractivity contribution >= 4 is 31.6 Å². The van der Waals surface area contributed by atoms with Gasteiger partial charge in [-0.2, -0.15) is 5.10 Å². The van der Waals surface area contributed by atoms with E-state index in [2.05, 4.69) is 126 Å². The Bertz CT molecular complexity index is 902. The Morgan fingerprint density at radius 3 is 1.56 bits per heavy atom. The second kappa shape index (κ2) is 10.2. The number of nitrogens with zero attached hydrogens (tertiary/aromatic N) is 4. The summed E-state index contributed by atoms with van der Waals surface area (Å²) in [6.07, 6.45) is 2.32. The molecule has 1 heterocycles. The summed E-state index contributed by atoms with van der Waals surface area (Å²) in [6.45, 7) is 25.1. The van der Waals surface area contributed by atoms with Gasteiger partial charge in [-0.1, -0.05) is 49.5 Å². The van der Waals surface area contributed by atoms with E-state index in [9.17, 15) is 0 Å². The molecule has 0 aliphatic heterocycles. The molecule has 0 aliphatic rings. The second-order valence-electron chi connectivity index (χ2n) is 11.1. The van der Waals surface area contributed by atoms with Gasteiger partial charge in [0.15, 0.2) is 6.49 Å². The molecule has 0 spiro atoms. The molecule has 0 radical (unpaired) electrons. The van der Waals surface area contributed by atoms with Crippen molar-refractivity contribution in [2.24, 2.45) is 0 Å². The summed E-state index contributed by atoms with van der Waals surface area (Å²) >= 11 is 6.76. The van der Waals surface area contributed by atoms with Crippen LogP contribution in [0.3, 0.4) is 0 Å². The fourth-order valence-electron chi connectivity index (χ4n) is 4.70. The molecule has 32 heavy (non-hydrogen) atoms. The predicted octanol–water partition coefficient (Wildman–Crippen LogP) is 6.71. The van der Waals surface area contributed by atoms with E-state index >= 15 is 0 Å². The number of aromatic nitrogens is 2. The van der Waals surface area contributed by atoms with Gasteiger partial charge in [0.2, 0.25) is 0 Å². The average Bonchev–Trinajstić information content (AvgIpc) is 3.07. The number of rotatable bonds is 9. The van der Waals surface area contributed by atoms with Gasteiger partial charge in [0.05, 0.1) is 13.8 Å². The van der Waals surface area contributed by atoms with E-state index < -0.39 is 14.6 Å². The van der Waals surface area contributed by atoms with Gasteiger partial charge in [0.25, 0.3) is 0 Å². The van der Waals surface area contributed by atoms with Crippen LogP contribution in [0, 0.1) is 6.92 Å². The molecule has 0 amide bonds. The number of aryl methyl sites for hydroxylation is 1. The summed E-state index contributed by atoms with van der Waals surface area (Å²) in [7, 11) is -1.66. The lowest BCUT2D eigenvalue weighted by molar-refractivity contribution is 0.248. The van der Waals surface area contributed by atoms with Crippen molar-refractivity contribution in [3.63, 3.8) is 0 Å². The van der Waals surface area contributed by atoms with Crippen LogP contribution in [0.1, 0.15) is 61.0 Å². The topological polar surface area (TPSA) is 24.3 Å². The van der Waals surface area contributed by atoms with Gasteiger partial charge in [0, 0.05) is 35.9 Å². The third kappa shape index (κ3) is 5.47. The van der Waals surface area contributed by atoms with E-state index in [1.54, 1.807) is 0 Å². The first-order chi connectivity index (χ1) is 14.6. The highest BCUT2D eigenvalue weighted by molar-refractivity contribution is 8.11. The van der Waals surface area contributed by atoms with Crippen molar-refractivity contribution in [1.82, 2.24) is 18.9 Å². The molecule has 0 saturated heterocycles. The number of hydrogen-bond acceptors (Lipinski definition) is 2. The largest absolute Gasteiger partial charge is 0.241 e. The zero-order chi connectivity index (χ0) is 24.6. The Labute approximate surface area is 203 Å². The van der Waals surface area contributed by atoms with Crippen molar-refractivity contribution in [2.45, 2.75) is 106 Å². The smallest absolute Gasteiger partial charge is 0.190 e. The van der Waals surface area contributed by atoms with Crippen molar-refractivity contribution in [3.8, 4) is 11.3 Å². The van der Waals surface area contributed by atoms with Gasteiger partial charge in [-0.15, -0.1) is 0 Å². The van der Waals surface area contributed by atoms with Gasteiger partial charge in [0.1, 0.15) is 0 Å². The molecule has 0 aliphatic carbocycles. The molecule has 0 fully saturated rings. The molecule has 7 heteroatoms. The molecule has 2 rings (SSSR count). The third-order valence-corrected chi connectivity index (χ3v) is 13.2. The maximum Gasteiger partial charge on any atom is 0.190 e. The number of hydrogen-bond donors (Lipinski definition) is 0. The monoisotopic (exact) mass is 492 g/mol. The molecular formula is C25H45N4PSSi. The minimum absolute atomic E-state index is 0.322. The van der Waals surface area contributed by atoms with Crippen LogP contribution in [0.25, 0.3) is 11.3 Å². The molecule has 180 valence electrons. The Morgan fingerprint density at radius 1 is 0.812 bits per heavy atom. The second-order valence-corrected chi connectivity index (χ2v) is 19.9. The lowest BCUT2D eigenvalue weighted by Crippen LogP contribution is -2.47. The van der Waals surface area contributed by atoms with Crippen LogP contribution in [0.4, 0.5) is 0 Å². The fourth-order valence-corrected chi connectivity index (χ4v) is 12.3. The average molecular weight is 493 g/mol. The Kier molecular flexibility index (Phi) is 8.78. The van der Waals surface area contributed by atoms with Crippen LogP contribution in [0.15, 0.2) is 30.5 Å². The maximum absolute atomic E-state index is 6.76. The minimum atomic E-state index is -2.39.